The Morgan fingerprint density at radius 3 is 2.60 bits per heavy atom. The standard InChI is InChI=1S/C19H15ClF4N4O2/c1-10-15(17(28-30-10)16-12(20)3-2-4-13(16)21)18(29)26-8-7-25-14-6-5-11(9-27-14)19(22,23)24/h2-6,9H,7-8H2,1H3,(H,25,27)(H,26,29). The quantitative estimate of drug-likeness (QED) is 0.427. The molecule has 6 nitrogen and oxygen atoms in total. The van der Waals surface area contributed by atoms with Crippen molar-refractivity contribution in [1.29, 1.82) is 0 Å². The van der Waals surface area contributed by atoms with Gasteiger partial charge in [-0.15, -0.1) is 0 Å². The van der Waals surface area contributed by atoms with Crippen LogP contribution in [0.5, 0.6) is 0 Å². The highest BCUT2D eigenvalue weighted by atomic mass is 35.5. The van der Waals surface area contributed by atoms with Gasteiger partial charge in [-0.1, -0.05) is 22.8 Å². The van der Waals surface area contributed by atoms with Crippen molar-refractivity contribution in [3.8, 4) is 11.3 Å². The highest BCUT2D eigenvalue weighted by molar-refractivity contribution is 6.33. The maximum absolute atomic E-state index is 14.2. The van der Waals surface area contributed by atoms with E-state index >= 15 is 0 Å². The van der Waals surface area contributed by atoms with Gasteiger partial charge in [0.15, 0.2) is 0 Å². The predicted octanol–water partition coefficient (Wildman–Crippen LogP) is 4.70. The van der Waals surface area contributed by atoms with Crippen LogP contribution in [0.1, 0.15) is 21.7 Å². The van der Waals surface area contributed by atoms with Gasteiger partial charge in [0, 0.05) is 19.3 Å². The van der Waals surface area contributed by atoms with Crippen molar-refractivity contribution >= 4 is 23.3 Å². The predicted molar refractivity (Wildman–Crippen MR) is 102 cm³/mol. The molecule has 0 radical (unpaired) electrons. The first-order valence-corrected chi connectivity index (χ1v) is 9.02. The summed E-state index contributed by atoms with van der Waals surface area (Å²) in [6.45, 7) is 1.80. The van der Waals surface area contributed by atoms with Crippen LogP contribution < -0.4 is 10.6 Å². The Hall–Kier alpha value is -3.14. The molecule has 3 aromatic rings. The molecule has 1 amide bonds. The van der Waals surface area contributed by atoms with Crippen LogP contribution in [0.3, 0.4) is 0 Å². The summed E-state index contributed by atoms with van der Waals surface area (Å²) in [7, 11) is 0. The summed E-state index contributed by atoms with van der Waals surface area (Å²) < 4.78 is 56.8. The second-order valence-corrected chi connectivity index (χ2v) is 6.58. The zero-order chi connectivity index (χ0) is 21.9. The lowest BCUT2D eigenvalue weighted by Crippen LogP contribution is -2.29. The zero-order valence-electron chi connectivity index (χ0n) is 15.5. The van der Waals surface area contributed by atoms with Crippen molar-refractivity contribution in [2.45, 2.75) is 13.1 Å². The Morgan fingerprint density at radius 2 is 1.97 bits per heavy atom. The van der Waals surface area contributed by atoms with Gasteiger partial charge in [-0.3, -0.25) is 4.79 Å². The lowest BCUT2D eigenvalue weighted by atomic mass is 10.0. The summed E-state index contributed by atoms with van der Waals surface area (Å²) in [6.07, 6.45) is -3.75. The van der Waals surface area contributed by atoms with E-state index in [1.165, 1.54) is 31.2 Å². The van der Waals surface area contributed by atoms with Crippen LogP contribution in [0.15, 0.2) is 41.1 Å². The lowest BCUT2D eigenvalue weighted by molar-refractivity contribution is -0.137. The number of aryl methyl sites for hydroxylation is 1. The third-order valence-corrected chi connectivity index (χ3v) is 4.41. The van der Waals surface area contributed by atoms with E-state index in [4.69, 9.17) is 16.1 Å². The van der Waals surface area contributed by atoms with Crippen molar-refractivity contribution < 1.29 is 26.9 Å². The van der Waals surface area contributed by atoms with Gasteiger partial charge in [-0.25, -0.2) is 9.37 Å². The minimum Gasteiger partial charge on any atom is -0.368 e. The van der Waals surface area contributed by atoms with Crippen molar-refractivity contribution in [3.63, 3.8) is 0 Å². The summed E-state index contributed by atoms with van der Waals surface area (Å²) in [5.41, 5.74) is -0.892. The molecule has 1 aromatic carbocycles. The van der Waals surface area contributed by atoms with Gasteiger partial charge in [0.2, 0.25) is 0 Å². The molecule has 0 saturated heterocycles. The first-order chi connectivity index (χ1) is 14.2. The molecule has 0 fully saturated rings. The highest BCUT2D eigenvalue weighted by Gasteiger charge is 2.30. The average molecular weight is 443 g/mol. The van der Waals surface area contributed by atoms with Crippen molar-refractivity contribution in [2.24, 2.45) is 0 Å². The van der Waals surface area contributed by atoms with Crippen LogP contribution in [0, 0.1) is 12.7 Å². The number of amides is 1. The van der Waals surface area contributed by atoms with Gasteiger partial charge in [-0.2, -0.15) is 13.2 Å². The van der Waals surface area contributed by atoms with Crippen LogP contribution in [-0.2, 0) is 6.18 Å². The third-order valence-electron chi connectivity index (χ3n) is 4.10. The second-order valence-electron chi connectivity index (χ2n) is 6.17. The Balaban J connectivity index is 1.63. The molecule has 0 aliphatic rings. The number of carbonyl (C=O) groups excluding carboxylic acids is 1. The van der Waals surface area contributed by atoms with Crippen LogP contribution in [0.4, 0.5) is 23.4 Å². The van der Waals surface area contributed by atoms with Crippen molar-refractivity contribution in [1.82, 2.24) is 15.5 Å². The fourth-order valence-electron chi connectivity index (χ4n) is 2.66. The normalized spacial score (nSPS) is 11.4. The maximum Gasteiger partial charge on any atom is 0.417 e. The summed E-state index contributed by atoms with van der Waals surface area (Å²) >= 11 is 6.04. The van der Waals surface area contributed by atoms with E-state index in [0.29, 0.717) is 6.20 Å². The lowest BCUT2D eigenvalue weighted by Gasteiger charge is -2.10. The number of carbonyl (C=O) groups is 1. The minimum atomic E-state index is -4.46. The van der Waals surface area contributed by atoms with Crippen molar-refractivity contribution in [3.05, 3.63) is 64.3 Å². The SMILES string of the molecule is Cc1onc(-c2c(F)cccc2Cl)c1C(=O)NCCNc1ccc(C(F)(F)F)cn1. The van der Waals surface area contributed by atoms with Gasteiger partial charge >= 0.3 is 6.18 Å². The topological polar surface area (TPSA) is 80.0 Å². The largest absolute Gasteiger partial charge is 0.417 e. The number of pyridine rings is 1. The number of nitrogens with zero attached hydrogens (tertiary/aromatic N) is 2. The number of hydrogen-bond acceptors (Lipinski definition) is 5. The van der Waals surface area contributed by atoms with E-state index in [9.17, 15) is 22.4 Å². The minimum absolute atomic E-state index is 0.0227. The molecular formula is C19H15ClF4N4O2. The fourth-order valence-corrected chi connectivity index (χ4v) is 2.91. The maximum atomic E-state index is 14.2. The smallest absolute Gasteiger partial charge is 0.368 e. The number of aromatic nitrogens is 2. The van der Waals surface area contributed by atoms with E-state index in [-0.39, 0.29) is 46.5 Å². The highest BCUT2D eigenvalue weighted by Crippen LogP contribution is 2.33. The molecule has 0 aliphatic carbocycles. The first-order valence-electron chi connectivity index (χ1n) is 8.64. The number of alkyl halides is 3. The molecule has 0 spiro atoms. The van der Waals surface area contributed by atoms with E-state index in [1.54, 1.807) is 0 Å². The van der Waals surface area contributed by atoms with Gasteiger partial charge < -0.3 is 15.2 Å². The number of benzene rings is 1. The van der Waals surface area contributed by atoms with Crippen LogP contribution in [0.2, 0.25) is 5.02 Å². The molecule has 0 atom stereocenters. The molecule has 158 valence electrons. The number of anilines is 1. The van der Waals surface area contributed by atoms with Crippen LogP contribution in [0.25, 0.3) is 11.3 Å². The Kier molecular flexibility index (Phi) is 6.25. The Labute approximate surface area is 173 Å². The molecule has 2 N–H and O–H groups in total. The van der Waals surface area contributed by atoms with Crippen molar-refractivity contribution in [2.75, 3.05) is 18.4 Å². The number of hydrogen-bond donors (Lipinski definition) is 2. The zero-order valence-corrected chi connectivity index (χ0v) is 16.2. The van der Waals surface area contributed by atoms with Gasteiger partial charge in [0.25, 0.3) is 5.91 Å². The summed E-state index contributed by atoms with van der Waals surface area (Å²) in [5, 5.41) is 9.23. The fraction of sp³-hybridized carbons (Fsp3) is 0.211. The van der Waals surface area contributed by atoms with E-state index < -0.39 is 23.5 Å². The van der Waals surface area contributed by atoms with E-state index in [1.807, 2.05) is 0 Å². The van der Waals surface area contributed by atoms with E-state index in [2.05, 4.69) is 20.8 Å². The summed E-state index contributed by atoms with van der Waals surface area (Å²) in [5.74, 6) is -0.818. The van der Waals surface area contributed by atoms with Crippen LogP contribution in [-0.4, -0.2) is 29.1 Å². The Morgan fingerprint density at radius 1 is 1.20 bits per heavy atom. The molecule has 0 saturated carbocycles. The molecule has 0 bridgehead atoms. The number of nitrogens with one attached hydrogen (secondary N) is 2. The van der Waals surface area contributed by atoms with Gasteiger partial charge in [0.05, 0.1) is 16.1 Å². The molecule has 30 heavy (non-hydrogen) atoms. The number of rotatable bonds is 6. The first kappa shape index (κ1) is 21.6. The van der Waals surface area contributed by atoms with Gasteiger partial charge in [-0.05, 0) is 31.2 Å². The molecular weight excluding hydrogens is 428 g/mol. The Bertz CT molecular complexity index is 1030. The molecule has 11 heteroatoms. The summed E-state index contributed by atoms with van der Waals surface area (Å²) in [4.78, 5) is 16.2. The van der Waals surface area contributed by atoms with Crippen LogP contribution >= 0.6 is 11.6 Å². The third kappa shape index (κ3) is 4.70. The molecule has 0 aliphatic heterocycles. The molecule has 2 heterocycles. The summed E-state index contributed by atoms with van der Waals surface area (Å²) in [6, 6.07) is 6.17. The van der Waals surface area contributed by atoms with E-state index in [0.717, 1.165) is 6.07 Å². The van der Waals surface area contributed by atoms with Gasteiger partial charge in [0.1, 0.15) is 28.7 Å². The number of halogens is 5. The molecule has 2 aromatic heterocycles. The monoisotopic (exact) mass is 442 g/mol. The molecule has 0 unspecified atom stereocenters. The second kappa shape index (κ2) is 8.70. The molecule has 3 rings (SSSR count). The average Bonchev–Trinajstić information content (AvgIpc) is 3.06.